The molecule has 110 valence electrons. The van der Waals surface area contributed by atoms with E-state index in [9.17, 15) is 20.0 Å². The first-order chi connectivity index (χ1) is 9.35. The number of nitro benzene ring substituents is 1. The molecule has 0 radical (unpaired) electrons. The number of nitrogens with one attached hydrogen (secondary N) is 1. The Balaban J connectivity index is 3.08. The van der Waals surface area contributed by atoms with Crippen LogP contribution < -0.4 is 5.32 Å². The molecular weight excluding hydrogens is 264 g/mol. The summed E-state index contributed by atoms with van der Waals surface area (Å²) in [6.07, 6.45) is 0.623. The molecule has 20 heavy (non-hydrogen) atoms. The molecule has 0 fully saturated rings. The predicted octanol–water partition coefficient (Wildman–Crippen LogP) is 2.11. The summed E-state index contributed by atoms with van der Waals surface area (Å²) in [5, 5.41) is 32.0. The molecule has 1 atom stereocenters. The Bertz CT molecular complexity index is 502. The van der Waals surface area contributed by atoms with Gasteiger partial charge in [-0.05, 0) is 18.4 Å². The summed E-state index contributed by atoms with van der Waals surface area (Å²) in [5.74, 6) is -0.879. The van der Waals surface area contributed by atoms with Gasteiger partial charge >= 0.3 is 5.97 Å². The maximum atomic E-state index is 11.1. The number of hydrogen-bond donors (Lipinski definition) is 3. The Kier molecular flexibility index (Phi) is 5.45. The smallest absolute Gasteiger partial charge is 0.337 e. The number of rotatable bonds is 7. The average molecular weight is 282 g/mol. The topological polar surface area (TPSA) is 113 Å². The van der Waals surface area contributed by atoms with E-state index in [1.807, 2.05) is 13.8 Å². The van der Waals surface area contributed by atoms with E-state index in [2.05, 4.69) is 5.32 Å². The van der Waals surface area contributed by atoms with E-state index in [0.29, 0.717) is 12.3 Å². The van der Waals surface area contributed by atoms with Crippen LogP contribution in [0.3, 0.4) is 0 Å². The summed E-state index contributed by atoms with van der Waals surface area (Å²) in [6.45, 7) is 3.76. The molecule has 0 bridgehead atoms. The van der Waals surface area contributed by atoms with Gasteiger partial charge in [-0.3, -0.25) is 10.1 Å². The van der Waals surface area contributed by atoms with Gasteiger partial charge < -0.3 is 15.5 Å². The van der Waals surface area contributed by atoms with E-state index in [4.69, 9.17) is 5.11 Å². The number of carboxylic acid groups (broad SMARTS) is 1. The summed E-state index contributed by atoms with van der Waals surface area (Å²) in [5.41, 5.74) is -0.108. The van der Waals surface area contributed by atoms with Crippen LogP contribution in [0.15, 0.2) is 18.2 Å². The van der Waals surface area contributed by atoms with Crippen LogP contribution in [-0.4, -0.2) is 33.8 Å². The van der Waals surface area contributed by atoms with Crippen molar-refractivity contribution in [3.8, 4) is 0 Å². The van der Waals surface area contributed by atoms with Gasteiger partial charge in [0, 0.05) is 18.2 Å². The number of aliphatic hydroxyl groups is 1. The number of anilines is 1. The quantitative estimate of drug-likeness (QED) is 0.521. The third-order valence-electron chi connectivity index (χ3n) is 2.78. The Morgan fingerprint density at radius 3 is 2.55 bits per heavy atom. The zero-order valence-corrected chi connectivity index (χ0v) is 11.4. The van der Waals surface area contributed by atoms with Crippen molar-refractivity contribution in [2.45, 2.75) is 26.3 Å². The molecule has 1 aromatic rings. The summed E-state index contributed by atoms with van der Waals surface area (Å²) in [4.78, 5) is 21.3. The number of carboxylic acids is 1. The lowest BCUT2D eigenvalue weighted by atomic mass is 10.0. The highest BCUT2D eigenvalue weighted by molar-refractivity contribution is 5.94. The van der Waals surface area contributed by atoms with E-state index in [-0.39, 0.29) is 29.6 Å². The first kappa shape index (κ1) is 15.9. The van der Waals surface area contributed by atoms with Crippen molar-refractivity contribution in [2.24, 2.45) is 5.92 Å². The van der Waals surface area contributed by atoms with Crippen LogP contribution >= 0.6 is 0 Å². The normalized spacial score (nSPS) is 12.2. The minimum atomic E-state index is -1.18. The average Bonchev–Trinajstić information content (AvgIpc) is 2.36. The number of non-ortho nitro benzene ring substituents is 1. The monoisotopic (exact) mass is 282 g/mol. The van der Waals surface area contributed by atoms with Crippen molar-refractivity contribution in [1.29, 1.82) is 0 Å². The Hall–Kier alpha value is -2.15. The van der Waals surface area contributed by atoms with E-state index in [0.717, 1.165) is 6.07 Å². The largest absolute Gasteiger partial charge is 0.478 e. The maximum Gasteiger partial charge on any atom is 0.337 e. The summed E-state index contributed by atoms with van der Waals surface area (Å²) >= 11 is 0. The molecule has 0 spiro atoms. The van der Waals surface area contributed by atoms with Crippen LogP contribution in [0.5, 0.6) is 0 Å². The molecule has 0 aromatic heterocycles. The van der Waals surface area contributed by atoms with Crippen LogP contribution in [0.25, 0.3) is 0 Å². The molecule has 1 unspecified atom stereocenters. The van der Waals surface area contributed by atoms with E-state index >= 15 is 0 Å². The number of nitrogens with zero attached hydrogens (tertiary/aromatic N) is 1. The molecule has 7 heteroatoms. The zero-order valence-electron chi connectivity index (χ0n) is 11.4. The fraction of sp³-hybridized carbons (Fsp3) is 0.462. The van der Waals surface area contributed by atoms with Crippen LogP contribution in [-0.2, 0) is 0 Å². The summed E-state index contributed by atoms with van der Waals surface area (Å²) in [6, 6.07) is 3.15. The zero-order chi connectivity index (χ0) is 15.3. The minimum Gasteiger partial charge on any atom is -0.478 e. The highest BCUT2D eigenvalue weighted by Gasteiger charge is 2.18. The number of benzene rings is 1. The van der Waals surface area contributed by atoms with Gasteiger partial charge in [-0.1, -0.05) is 13.8 Å². The standard InChI is InChI=1S/C13H18N2O5/c1-8(2)5-9(7-16)14-12-6-10(15(19)20)3-4-11(12)13(17)18/h3-4,6,8-9,14,16H,5,7H2,1-2H3,(H,17,18). The molecule has 1 aromatic carbocycles. The lowest BCUT2D eigenvalue weighted by Gasteiger charge is -2.20. The third-order valence-corrected chi connectivity index (χ3v) is 2.78. The van der Waals surface area contributed by atoms with Crippen LogP contribution in [0.1, 0.15) is 30.6 Å². The molecule has 0 aliphatic carbocycles. The van der Waals surface area contributed by atoms with Crippen LogP contribution in [0.4, 0.5) is 11.4 Å². The molecule has 0 aliphatic heterocycles. The highest BCUT2D eigenvalue weighted by atomic mass is 16.6. The van der Waals surface area contributed by atoms with Gasteiger partial charge in [0.25, 0.3) is 5.69 Å². The summed E-state index contributed by atoms with van der Waals surface area (Å²) < 4.78 is 0. The van der Waals surface area contributed by atoms with Crippen molar-refractivity contribution in [3.05, 3.63) is 33.9 Å². The fourth-order valence-corrected chi connectivity index (χ4v) is 1.92. The third kappa shape index (κ3) is 4.20. The molecule has 7 nitrogen and oxygen atoms in total. The van der Waals surface area contributed by atoms with E-state index in [1.54, 1.807) is 0 Å². The maximum absolute atomic E-state index is 11.1. The van der Waals surface area contributed by atoms with Gasteiger partial charge in [0.2, 0.25) is 0 Å². The number of aromatic carboxylic acids is 1. The SMILES string of the molecule is CC(C)CC(CO)Nc1cc([N+](=O)[O-])ccc1C(=O)O. The van der Waals surface area contributed by atoms with Crippen LogP contribution in [0.2, 0.25) is 0 Å². The molecule has 0 saturated carbocycles. The Labute approximate surface area is 116 Å². The Morgan fingerprint density at radius 1 is 1.45 bits per heavy atom. The fourth-order valence-electron chi connectivity index (χ4n) is 1.92. The van der Waals surface area contributed by atoms with E-state index in [1.165, 1.54) is 12.1 Å². The number of carbonyl (C=O) groups is 1. The van der Waals surface area contributed by atoms with Gasteiger partial charge in [0.05, 0.1) is 22.8 Å². The second-order valence-electron chi connectivity index (χ2n) is 4.95. The lowest BCUT2D eigenvalue weighted by molar-refractivity contribution is -0.384. The van der Waals surface area contributed by atoms with Crippen LogP contribution in [0, 0.1) is 16.0 Å². The van der Waals surface area contributed by atoms with Gasteiger partial charge in [0.15, 0.2) is 0 Å². The van der Waals surface area contributed by atoms with Gasteiger partial charge in [-0.15, -0.1) is 0 Å². The van der Waals surface area contributed by atoms with Crippen molar-refractivity contribution in [3.63, 3.8) is 0 Å². The number of aliphatic hydroxyl groups excluding tert-OH is 1. The molecular formula is C13H18N2O5. The Morgan fingerprint density at radius 2 is 2.10 bits per heavy atom. The summed E-state index contributed by atoms with van der Waals surface area (Å²) in [7, 11) is 0. The number of hydrogen-bond acceptors (Lipinski definition) is 5. The molecule has 0 heterocycles. The molecule has 1 rings (SSSR count). The lowest BCUT2D eigenvalue weighted by Crippen LogP contribution is -2.26. The second-order valence-corrected chi connectivity index (χ2v) is 4.95. The molecule has 3 N–H and O–H groups in total. The van der Waals surface area contributed by atoms with Gasteiger partial charge in [0.1, 0.15) is 0 Å². The minimum absolute atomic E-state index is 0.0576. The van der Waals surface area contributed by atoms with Crippen molar-refractivity contribution >= 4 is 17.3 Å². The van der Waals surface area contributed by atoms with Crippen molar-refractivity contribution < 1.29 is 19.9 Å². The first-order valence-corrected chi connectivity index (χ1v) is 6.24. The van der Waals surface area contributed by atoms with Gasteiger partial charge in [-0.2, -0.15) is 0 Å². The van der Waals surface area contributed by atoms with E-state index < -0.39 is 10.9 Å². The molecule has 0 saturated heterocycles. The number of nitro groups is 1. The van der Waals surface area contributed by atoms with Crippen molar-refractivity contribution in [1.82, 2.24) is 0 Å². The van der Waals surface area contributed by atoms with Crippen molar-refractivity contribution in [2.75, 3.05) is 11.9 Å². The second kappa shape index (κ2) is 6.85. The molecule has 0 aliphatic rings. The predicted molar refractivity (Wildman–Crippen MR) is 74.0 cm³/mol. The highest BCUT2D eigenvalue weighted by Crippen LogP contribution is 2.24. The molecule has 0 amide bonds. The first-order valence-electron chi connectivity index (χ1n) is 6.24. The van der Waals surface area contributed by atoms with Gasteiger partial charge in [-0.25, -0.2) is 4.79 Å².